The SMILES string of the molecule is CCOc1ccccc1C1c2[nH]c3ccccc3c2CCN1C(=O)c1cc(C2CC2)on1. The lowest BCUT2D eigenvalue weighted by Gasteiger charge is -2.36. The highest BCUT2D eigenvalue weighted by Crippen LogP contribution is 2.43. The zero-order chi connectivity index (χ0) is 21.7. The Hall–Kier alpha value is -3.54. The molecule has 6 heteroatoms. The molecule has 3 heterocycles. The molecule has 0 radical (unpaired) electrons. The molecule has 0 spiro atoms. The van der Waals surface area contributed by atoms with Gasteiger partial charge >= 0.3 is 0 Å². The van der Waals surface area contributed by atoms with Crippen LogP contribution in [0.15, 0.2) is 59.1 Å². The van der Waals surface area contributed by atoms with E-state index in [2.05, 4.69) is 34.4 Å². The maximum absolute atomic E-state index is 13.7. The minimum Gasteiger partial charge on any atom is -0.494 e. The number of benzene rings is 2. The summed E-state index contributed by atoms with van der Waals surface area (Å²) in [4.78, 5) is 19.2. The molecule has 1 fully saturated rings. The van der Waals surface area contributed by atoms with Crippen LogP contribution in [0.4, 0.5) is 0 Å². The largest absolute Gasteiger partial charge is 0.494 e. The number of hydrogen-bond donors (Lipinski definition) is 1. The second-order valence-electron chi connectivity index (χ2n) is 8.57. The Morgan fingerprint density at radius 2 is 2.00 bits per heavy atom. The highest BCUT2D eigenvalue weighted by atomic mass is 16.5. The molecule has 1 aliphatic carbocycles. The molecule has 1 unspecified atom stereocenters. The molecule has 4 aromatic rings. The summed E-state index contributed by atoms with van der Waals surface area (Å²) in [5.41, 5.74) is 4.75. The highest BCUT2D eigenvalue weighted by Gasteiger charge is 2.38. The molecule has 6 nitrogen and oxygen atoms in total. The summed E-state index contributed by atoms with van der Waals surface area (Å²) in [7, 11) is 0. The van der Waals surface area contributed by atoms with Crippen molar-refractivity contribution in [3.8, 4) is 5.75 Å². The molecule has 6 rings (SSSR count). The van der Waals surface area contributed by atoms with Crippen molar-refractivity contribution in [2.75, 3.05) is 13.2 Å². The third-order valence-electron chi connectivity index (χ3n) is 6.54. The lowest BCUT2D eigenvalue weighted by molar-refractivity contribution is 0.0679. The van der Waals surface area contributed by atoms with Gasteiger partial charge in [0.25, 0.3) is 5.91 Å². The Morgan fingerprint density at radius 3 is 2.84 bits per heavy atom. The third kappa shape index (κ3) is 3.09. The zero-order valence-electron chi connectivity index (χ0n) is 18.0. The van der Waals surface area contributed by atoms with Gasteiger partial charge in [-0.1, -0.05) is 41.6 Å². The molecule has 1 saturated carbocycles. The molecule has 2 aromatic carbocycles. The van der Waals surface area contributed by atoms with E-state index in [0.717, 1.165) is 47.5 Å². The fraction of sp³-hybridized carbons (Fsp3) is 0.308. The van der Waals surface area contributed by atoms with Crippen molar-refractivity contribution in [1.29, 1.82) is 0 Å². The Morgan fingerprint density at radius 1 is 1.19 bits per heavy atom. The van der Waals surface area contributed by atoms with Gasteiger partial charge in [0.1, 0.15) is 17.6 Å². The summed E-state index contributed by atoms with van der Waals surface area (Å²) in [5.74, 6) is 1.92. The van der Waals surface area contributed by atoms with Crippen LogP contribution in [0.2, 0.25) is 0 Å². The summed E-state index contributed by atoms with van der Waals surface area (Å²) in [5, 5.41) is 5.34. The van der Waals surface area contributed by atoms with E-state index in [-0.39, 0.29) is 11.9 Å². The lowest BCUT2D eigenvalue weighted by atomic mass is 9.91. The van der Waals surface area contributed by atoms with Crippen molar-refractivity contribution in [2.24, 2.45) is 0 Å². The Balaban J connectivity index is 1.48. The first-order valence-corrected chi connectivity index (χ1v) is 11.3. The van der Waals surface area contributed by atoms with Gasteiger partial charge in [0, 0.05) is 40.7 Å². The molecular weight excluding hydrogens is 402 g/mol. The van der Waals surface area contributed by atoms with E-state index < -0.39 is 0 Å². The molecule has 1 atom stereocenters. The second-order valence-corrected chi connectivity index (χ2v) is 8.57. The van der Waals surface area contributed by atoms with Crippen LogP contribution < -0.4 is 4.74 Å². The average molecular weight is 428 g/mol. The predicted molar refractivity (Wildman–Crippen MR) is 121 cm³/mol. The van der Waals surface area contributed by atoms with Gasteiger partial charge in [-0.15, -0.1) is 0 Å². The minimum absolute atomic E-state index is 0.110. The molecule has 1 N–H and O–H groups in total. The van der Waals surface area contributed by atoms with Gasteiger partial charge in [-0.25, -0.2) is 0 Å². The number of aromatic amines is 1. The molecule has 2 aromatic heterocycles. The van der Waals surface area contributed by atoms with Crippen LogP contribution in [-0.4, -0.2) is 34.1 Å². The first kappa shape index (κ1) is 19.2. The molecule has 1 aliphatic heterocycles. The molecular formula is C26H25N3O3. The molecule has 32 heavy (non-hydrogen) atoms. The number of nitrogens with one attached hydrogen (secondary N) is 1. The number of amides is 1. The predicted octanol–water partition coefficient (Wildman–Crippen LogP) is 5.22. The molecule has 2 aliphatic rings. The van der Waals surface area contributed by atoms with E-state index in [1.54, 1.807) is 0 Å². The fourth-order valence-electron chi connectivity index (χ4n) is 4.87. The summed E-state index contributed by atoms with van der Waals surface area (Å²) in [6.07, 6.45) is 3.00. The molecule has 162 valence electrons. The van der Waals surface area contributed by atoms with Gasteiger partial charge in [0.2, 0.25) is 0 Å². The Kier molecular flexibility index (Phi) is 4.52. The van der Waals surface area contributed by atoms with Gasteiger partial charge in [-0.3, -0.25) is 4.79 Å². The fourth-order valence-corrected chi connectivity index (χ4v) is 4.87. The second kappa shape index (κ2) is 7.55. The molecule has 0 saturated heterocycles. The number of aromatic nitrogens is 2. The van der Waals surface area contributed by atoms with Crippen LogP contribution >= 0.6 is 0 Å². The van der Waals surface area contributed by atoms with E-state index in [4.69, 9.17) is 9.26 Å². The summed E-state index contributed by atoms with van der Waals surface area (Å²) in [6.45, 7) is 3.14. The van der Waals surface area contributed by atoms with Crippen molar-refractivity contribution in [3.63, 3.8) is 0 Å². The summed E-state index contributed by atoms with van der Waals surface area (Å²) in [6, 6.07) is 17.9. The number of para-hydroxylation sites is 2. The summed E-state index contributed by atoms with van der Waals surface area (Å²) >= 11 is 0. The maximum atomic E-state index is 13.7. The normalized spacial score (nSPS) is 18.0. The van der Waals surface area contributed by atoms with Crippen molar-refractivity contribution in [1.82, 2.24) is 15.0 Å². The number of carbonyl (C=O) groups excluding carboxylic acids is 1. The van der Waals surface area contributed by atoms with Crippen LogP contribution in [0, 0.1) is 0 Å². The Labute approximate surface area is 186 Å². The van der Waals surface area contributed by atoms with Crippen LogP contribution in [0.5, 0.6) is 5.75 Å². The van der Waals surface area contributed by atoms with E-state index in [9.17, 15) is 4.79 Å². The van der Waals surface area contributed by atoms with Crippen molar-refractivity contribution >= 4 is 16.8 Å². The van der Waals surface area contributed by atoms with Crippen LogP contribution in [0.3, 0.4) is 0 Å². The van der Waals surface area contributed by atoms with Gasteiger partial charge < -0.3 is 19.1 Å². The van der Waals surface area contributed by atoms with Gasteiger partial charge in [0.05, 0.1) is 6.61 Å². The van der Waals surface area contributed by atoms with Crippen LogP contribution in [-0.2, 0) is 6.42 Å². The first-order valence-electron chi connectivity index (χ1n) is 11.3. The molecule has 1 amide bonds. The quantitative estimate of drug-likeness (QED) is 0.474. The minimum atomic E-state index is -0.289. The van der Waals surface area contributed by atoms with Crippen LogP contribution in [0.1, 0.15) is 64.8 Å². The lowest BCUT2D eigenvalue weighted by Crippen LogP contribution is -2.41. The number of carbonyl (C=O) groups is 1. The monoisotopic (exact) mass is 427 g/mol. The maximum Gasteiger partial charge on any atom is 0.276 e. The van der Waals surface area contributed by atoms with Gasteiger partial charge in [-0.2, -0.15) is 0 Å². The van der Waals surface area contributed by atoms with Crippen molar-refractivity contribution in [3.05, 3.63) is 82.9 Å². The first-order chi connectivity index (χ1) is 15.7. The van der Waals surface area contributed by atoms with E-state index in [1.807, 2.05) is 42.2 Å². The summed E-state index contributed by atoms with van der Waals surface area (Å²) < 4.78 is 11.5. The highest BCUT2D eigenvalue weighted by molar-refractivity contribution is 5.94. The number of ether oxygens (including phenoxy) is 1. The number of rotatable bonds is 5. The number of H-pyrrole nitrogens is 1. The topological polar surface area (TPSA) is 71.4 Å². The van der Waals surface area contributed by atoms with Crippen molar-refractivity contribution in [2.45, 2.75) is 38.1 Å². The van der Waals surface area contributed by atoms with Gasteiger partial charge in [0.15, 0.2) is 5.69 Å². The number of nitrogens with zero attached hydrogens (tertiary/aromatic N) is 2. The van der Waals surface area contributed by atoms with E-state index >= 15 is 0 Å². The average Bonchev–Trinajstić information content (AvgIpc) is 3.43. The Bertz CT molecular complexity index is 1300. The van der Waals surface area contributed by atoms with E-state index in [1.165, 1.54) is 10.9 Å². The third-order valence-corrected chi connectivity index (χ3v) is 6.54. The van der Waals surface area contributed by atoms with Crippen molar-refractivity contribution < 1.29 is 14.1 Å². The zero-order valence-corrected chi connectivity index (χ0v) is 18.0. The molecule has 0 bridgehead atoms. The smallest absolute Gasteiger partial charge is 0.276 e. The van der Waals surface area contributed by atoms with E-state index in [0.29, 0.717) is 24.8 Å². The number of fused-ring (bicyclic) bond motifs is 3. The standard InChI is InChI=1S/C26H25N3O3/c1-2-31-22-10-6-4-8-19(22)25-24-18(17-7-3-5-9-20(17)27-24)13-14-29(25)26(30)21-15-23(32-28-21)16-11-12-16/h3-10,15-16,25,27H,2,11-14H2,1H3. The van der Waals surface area contributed by atoms with Gasteiger partial charge in [-0.05, 0) is 43.9 Å². The van der Waals surface area contributed by atoms with Crippen LogP contribution in [0.25, 0.3) is 10.9 Å². The number of hydrogen-bond acceptors (Lipinski definition) is 4.